The van der Waals surface area contributed by atoms with E-state index in [2.05, 4.69) is 9.46 Å². The van der Waals surface area contributed by atoms with E-state index in [0.717, 1.165) is 5.56 Å². The van der Waals surface area contributed by atoms with E-state index < -0.39 is 27.6 Å². The number of sulfonamides is 1. The van der Waals surface area contributed by atoms with Crippen molar-refractivity contribution in [1.29, 1.82) is 0 Å². The average Bonchev–Trinajstić information content (AvgIpc) is 3.55. The van der Waals surface area contributed by atoms with Crippen LogP contribution >= 0.6 is 0 Å². The molecular weight excluding hydrogens is 511 g/mol. The number of ether oxygens (including phenoxy) is 3. The highest BCUT2D eigenvalue weighted by Crippen LogP contribution is 2.52. The number of halogens is 3. The largest absolute Gasteiger partial charge is 0.573 e. The van der Waals surface area contributed by atoms with Crippen LogP contribution in [0.2, 0.25) is 0 Å². The number of nitrogens with one attached hydrogen (secondary N) is 1. The maximum absolute atomic E-state index is 13.5. The van der Waals surface area contributed by atoms with Gasteiger partial charge in [0.25, 0.3) is 0 Å². The van der Waals surface area contributed by atoms with Gasteiger partial charge in [-0.15, -0.1) is 13.2 Å². The summed E-state index contributed by atoms with van der Waals surface area (Å²) in [6.45, 7) is 0.0898. The monoisotopic (exact) mass is 533 g/mol. The molecule has 0 atom stereocenters. The van der Waals surface area contributed by atoms with Crippen LogP contribution < -0.4 is 18.9 Å². The summed E-state index contributed by atoms with van der Waals surface area (Å²) in [5, 5.41) is 0. The van der Waals surface area contributed by atoms with Gasteiger partial charge in [-0.2, -0.15) is 0 Å². The maximum atomic E-state index is 13.5. The first-order valence-corrected chi connectivity index (χ1v) is 12.9. The average molecular weight is 534 g/mol. The fraction of sp³-hybridized carbons (Fsp3) is 0.269. The number of hydrogen-bond donors (Lipinski definition) is 1. The number of rotatable bonds is 8. The van der Waals surface area contributed by atoms with Gasteiger partial charge in [0.1, 0.15) is 11.5 Å². The number of Topliss-reactive ketones (excluding diaryl/α,β-unsaturated/α-hetero) is 1. The Bertz CT molecular complexity index is 1460. The Kier molecular flexibility index (Phi) is 6.15. The zero-order valence-corrected chi connectivity index (χ0v) is 20.4. The lowest BCUT2D eigenvalue weighted by molar-refractivity contribution is -0.274. The molecule has 37 heavy (non-hydrogen) atoms. The standard InChI is InChI=1S/C26H22F3NO6S/c1-30-37(32,33)20-6-2-16(3-7-20)17-4-8-21(36-26(27,28)29)18(12-17)13-24(31)25(10-11-25)19-5-9-22-23(14-19)35-15-34-22/h2-9,12,14,30H,10-11,13,15H2,1H3. The highest BCUT2D eigenvalue weighted by atomic mass is 32.2. The highest BCUT2D eigenvalue weighted by Gasteiger charge is 2.51. The molecule has 194 valence electrons. The molecule has 1 N–H and O–H groups in total. The molecule has 0 bridgehead atoms. The van der Waals surface area contributed by atoms with Gasteiger partial charge in [-0.25, -0.2) is 13.1 Å². The van der Waals surface area contributed by atoms with Crippen LogP contribution in [0, 0.1) is 0 Å². The summed E-state index contributed by atoms with van der Waals surface area (Å²) in [6, 6.07) is 15.2. The lowest BCUT2D eigenvalue weighted by Crippen LogP contribution is -2.24. The first-order valence-electron chi connectivity index (χ1n) is 11.4. The minimum atomic E-state index is -4.93. The van der Waals surface area contributed by atoms with Gasteiger partial charge in [-0.3, -0.25) is 4.79 Å². The molecule has 1 heterocycles. The summed E-state index contributed by atoms with van der Waals surface area (Å²) in [5.41, 5.74) is 1.09. The predicted octanol–water partition coefficient (Wildman–Crippen LogP) is 4.73. The number of carbonyl (C=O) groups is 1. The number of alkyl halides is 3. The molecule has 2 aliphatic rings. The Morgan fingerprint density at radius 1 is 0.973 bits per heavy atom. The summed E-state index contributed by atoms with van der Waals surface area (Å²) in [6.07, 6.45) is -4.07. The first kappa shape index (κ1) is 25.1. The van der Waals surface area contributed by atoms with Crippen molar-refractivity contribution in [3.8, 4) is 28.4 Å². The smallest absolute Gasteiger partial charge is 0.454 e. The van der Waals surface area contributed by atoms with Crippen molar-refractivity contribution in [3.63, 3.8) is 0 Å². The highest BCUT2D eigenvalue weighted by molar-refractivity contribution is 7.89. The van der Waals surface area contributed by atoms with Crippen molar-refractivity contribution in [2.45, 2.75) is 35.9 Å². The van der Waals surface area contributed by atoms with Gasteiger partial charge in [0.2, 0.25) is 16.8 Å². The zero-order chi connectivity index (χ0) is 26.4. The van der Waals surface area contributed by atoms with Crippen LogP contribution in [0.4, 0.5) is 13.2 Å². The van der Waals surface area contributed by atoms with Crippen LogP contribution in [0.15, 0.2) is 65.6 Å². The molecule has 7 nitrogen and oxygen atoms in total. The number of benzene rings is 3. The molecule has 3 aromatic carbocycles. The van der Waals surface area contributed by atoms with Crippen molar-refractivity contribution >= 4 is 15.8 Å². The third-order valence-electron chi connectivity index (χ3n) is 6.61. The fourth-order valence-electron chi connectivity index (χ4n) is 4.46. The third-order valence-corrected chi connectivity index (χ3v) is 8.04. The molecule has 5 rings (SSSR count). The van der Waals surface area contributed by atoms with Gasteiger partial charge in [0.05, 0.1) is 10.3 Å². The van der Waals surface area contributed by atoms with E-state index in [1.807, 2.05) is 0 Å². The topological polar surface area (TPSA) is 90.9 Å². The minimum absolute atomic E-state index is 0.0468. The Hall–Kier alpha value is -3.57. The number of fused-ring (bicyclic) bond motifs is 1. The molecule has 0 radical (unpaired) electrons. The van der Waals surface area contributed by atoms with Crippen molar-refractivity contribution in [1.82, 2.24) is 4.72 Å². The van der Waals surface area contributed by atoms with Crippen molar-refractivity contribution in [3.05, 3.63) is 71.8 Å². The van der Waals surface area contributed by atoms with E-state index in [9.17, 15) is 26.4 Å². The summed E-state index contributed by atoms with van der Waals surface area (Å²) < 4.78 is 80.5. The normalized spacial score (nSPS) is 15.9. The van der Waals surface area contributed by atoms with E-state index in [-0.39, 0.29) is 29.5 Å². The van der Waals surface area contributed by atoms with Crippen molar-refractivity contribution < 1.29 is 40.6 Å². The van der Waals surface area contributed by atoms with E-state index in [4.69, 9.17) is 9.47 Å². The second-order valence-electron chi connectivity index (χ2n) is 8.85. The number of carbonyl (C=O) groups excluding carboxylic acids is 1. The molecule has 11 heteroatoms. The van der Waals surface area contributed by atoms with Crippen LogP contribution in [-0.2, 0) is 26.7 Å². The van der Waals surface area contributed by atoms with E-state index >= 15 is 0 Å². The van der Waals surface area contributed by atoms with Crippen LogP contribution in [0.3, 0.4) is 0 Å². The third kappa shape index (κ3) is 5.01. The Morgan fingerprint density at radius 3 is 2.30 bits per heavy atom. The second kappa shape index (κ2) is 9.07. The molecule has 3 aromatic rings. The SMILES string of the molecule is CNS(=O)(=O)c1ccc(-c2ccc(OC(F)(F)F)c(CC(=O)C3(c4ccc5c(c4)OCO5)CC3)c2)cc1. The molecule has 0 aromatic heterocycles. The van der Waals surface area contributed by atoms with Gasteiger partial charge in [0.15, 0.2) is 11.5 Å². The first-order chi connectivity index (χ1) is 17.5. The molecule has 0 amide bonds. The molecule has 0 saturated heterocycles. The minimum Gasteiger partial charge on any atom is -0.454 e. The van der Waals surface area contributed by atoms with E-state index in [1.165, 1.54) is 37.4 Å². The van der Waals surface area contributed by atoms with Gasteiger partial charge in [-0.05, 0) is 73.0 Å². The lowest BCUT2D eigenvalue weighted by atomic mass is 9.87. The van der Waals surface area contributed by atoms with Gasteiger partial charge in [-0.1, -0.05) is 24.3 Å². The summed E-state index contributed by atoms with van der Waals surface area (Å²) in [4.78, 5) is 13.5. The molecule has 0 spiro atoms. The molecule has 1 saturated carbocycles. The molecular formula is C26H22F3NO6S. The van der Waals surface area contributed by atoms with Crippen LogP contribution in [0.5, 0.6) is 17.2 Å². The van der Waals surface area contributed by atoms with E-state index in [1.54, 1.807) is 30.3 Å². The Balaban J connectivity index is 1.46. The molecule has 0 unspecified atom stereocenters. The van der Waals surface area contributed by atoms with Gasteiger partial charge < -0.3 is 14.2 Å². The van der Waals surface area contributed by atoms with Gasteiger partial charge >= 0.3 is 6.36 Å². The van der Waals surface area contributed by atoms with Gasteiger partial charge in [0, 0.05) is 12.0 Å². The van der Waals surface area contributed by atoms with Crippen LogP contribution in [-0.4, -0.2) is 34.4 Å². The summed E-state index contributed by atoms with van der Waals surface area (Å²) in [7, 11) is -2.35. The predicted molar refractivity (Wildman–Crippen MR) is 127 cm³/mol. The number of ketones is 1. The maximum Gasteiger partial charge on any atom is 0.573 e. The second-order valence-corrected chi connectivity index (χ2v) is 10.7. The van der Waals surface area contributed by atoms with Crippen molar-refractivity contribution in [2.24, 2.45) is 0 Å². The Morgan fingerprint density at radius 2 is 1.65 bits per heavy atom. The van der Waals surface area contributed by atoms with E-state index in [0.29, 0.717) is 35.5 Å². The quantitative estimate of drug-likeness (QED) is 0.450. The molecule has 1 fully saturated rings. The summed E-state index contributed by atoms with van der Waals surface area (Å²) >= 11 is 0. The zero-order valence-electron chi connectivity index (χ0n) is 19.6. The fourth-order valence-corrected chi connectivity index (χ4v) is 5.19. The summed E-state index contributed by atoms with van der Waals surface area (Å²) in [5.74, 6) is 0.420. The van der Waals surface area contributed by atoms with Crippen LogP contribution in [0.1, 0.15) is 24.0 Å². The van der Waals surface area contributed by atoms with Crippen LogP contribution in [0.25, 0.3) is 11.1 Å². The Labute approximate surface area is 211 Å². The lowest BCUT2D eigenvalue weighted by Gasteiger charge is -2.18. The molecule has 1 aliphatic carbocycles. The molecule has 1 aliphatic heterocycles. The number of hydrogen-bond acceptors (Lipinski definition) is 6. The van der Waals surface area contributed by atoms with Crippen molar-refractivity contribution in [2.75, 3.05) is 13.8 Å².